The molecule has 0 aromatic rings. The van der Waals surface area contributed by atoms with E-state index in [9.17, 15) is 0 Å². The summed E-state index contributed by atoms with van der Waals surface area (Å²) in [4.78, 5) is 0. The second-order valence-electron chi connectivity index (χ2n) is 0. The second kappa shape index (κ2) is 23.7. The average molecular weight is 238 g/mol. The quantitative estimate of drug-likeness (QED) is 0.537. The van der Waals surface area contributed by atoms with Gasteiger partial charge in [0, 0.05) is 33.8 Å². The fraction of sp³-hybridized carbons (Fsp3) is 0. The van der Waals surface area contributed by atoms with Crippen molar-refractivity contribution >= 4 is 0 Å². The molecule has 0 aromatic heterocycles. The molecule has 0 unspecified atom stereocenters. The van der Waals surface area contributed by atoms with E-state index in [0.717, 1.165) is 0 Å². The van der Waals surface area contributed by atoms with Crippen molar-refractivity contribution in [2.24, 2.45) is 0 Å². The van der Waals surface area contributed by atoms with Crippen molar-refractivity contribution in [1.82, 2.24) is 0 Å². The van der Waals surface area contributed by atoms with E-state index >= 15 is 0 Å². The number of hydrogen-bond donors (Lipinski definition) is 0. The molecule has 4 heavy (non-hydrogen) atoms. The molecule has 4 heteroatoms. The molecule has 0 fully saturated rings. The Kier molecular flexibility index (Phi) is 104. The van der Waals surface area contributed by atoms with Gasteiger partial charge in [-0.15, -0.1) is 0 Å². The van der Waals surface area contributed by atoms with Crippen LogP contribution in [-0.2, 0) is 58.1 Å². The maximum absolute atomic E-state index is 8.06. The average Bonchev–Trinajstić information content (AvgIpc) is 1.00. The summed E-state index contributed by atoms with van der Waals surface area (Å²) in [6, 6.07) is 0. The van der Waals surface area contributed by atoms with Crippen molar-refractivity contribution in [3.8, 4) is 0 Å². The molecule has 0 spiro atoms. The third-order valence-electron chi connectivity index (χ3n) is 0. The van der Waals surface area contributed by atoms with E-state index in [-0.39, 0.29) is 33.8 Å². The molecular weight excluding hydrogens is 238 g/mol. The van der Waals surface area contributed by atoms with Gasteiger partial charge in [0.2, 0.25) is 0 Å². The van der Waals surface area contributed by atoms with Crippen molar-refractivity contribution in [3.63, 3.8) is 0 Å². The van der Waals surface area contributed by atoms with Gasteiger partial charge in [-0.05, 0) is 0 Å². The Hall–Kier alpha value is 1.57. The third kappa shape index (κ3) is 9.57. The molecule has 2 radical (unpaired) electrons. The van der Waals surface area contributed by atoms with E-state index < -0.39 is 0 Å². The number of hydrogen-bond acceptors (Lipinski definition) is 1. The van der Waals surface area contributed by atoms with Crippen LogP contribution in [0.2, 0.25) is 0 Å². The van der Waals surface area contributed by atoms with Crippen molar-refractivity contribution in [2.75, 3.05) is 0 Å². The Bertz CT molecular complexity index is 8.00. The van der Waals surface area contributed by atoms with E-state index in [0.29, 0.717) is 0 Å². The van der Waals surface area contributed by atoms with Crippen LogP contribution in [0.4, 0.5) is 0 Å². The van der Waals surface area contributed by atoms with Crippen molar-refractivity contribution in [3.05, 3.63) is 0 Å². The standard InChI is InChI=1S/Ag.Co.Mn.O. The van der Waals surface area contributed by atoms with Crippen LogP contribution in [0, 0.1) is 0 Å². The zero-order chi connectivity index (χ0) is 2.00. The zero-order valence-corrected chi connectivity index (χ0v) is 5.12. The molecule has 0 bridgehead atoms. The minimum absolute atomic E-state index is 0. The van der Waals surface area contributed by atoms with E-state index in [1.807, 2.05) is 0 Å². The Labute approximate surface area is 57.8 Å². The van der Waals surface area contributed by atoms with Gasteiger partial charge in [0.05, 0.1) is 0 Å². The topological polar surface area (TPSA) is 17.1 Å². The van der Waals surface area contributed by atoms with Gasteiger partial charge in [0.25, 0.3) is 0 Å². The summed E-state index contributed by atoms with van der Waals surface area (Å²) in [7, 11) is 0. The van der Waals surface area contributed by atoms with Gasteiger partial charge in [-0.25, -0.2) is 0 Å². The normalized spacial score (nSPS) is 1.50. The second-order valence-corrected chi connectivity index (χ2v) is 0. The van der Waals surface area contributed by atoms with Crippen LogP contribution in [0.15, 0.2) is 0 Å². The van der Waals surface area contributed by atoms with Crippen LogP contribution < -0.4 is 0 Å². The van der Waals surface area contributed by atoms with Crippen molar-refractivity contribution in [2.45, 2.75) is 0 Å². The Morgan fingerprint density at radius 1 is 1.25 bits per heavy atom. The fourth-order valence-corrected chi connectivity index (χ4v) is 0. The van der Waals surface area contributed by atoms with Crippen LogP contribution in [0.3, 0.4) is 0 Å². The van der Waals surface area contributed by atoms with Crippen molar-refractivity contribution in [1.29, 1.82) is 0 Å². The SMILES string of the molecule is [Co].[Mn].[O]=[Ag]. The molecule has 0 rings (SSSR count). The predicted octanol–water partition coefficient (Wildman–Crippen LogP) is -0.126. The molecule has 33 valence electrons. The monoisotopic (exact) mass is 237 g/mol. The van der Waals surface area contributed by atoms with E-state index in [1.165, 1.54) is 0 Å². The summed E-state index contributed by atoms with van der Waals surface area (Å²) in [5, 5.41) is 0. The van der Waals surface area contributed by atoms with Crippen LogP contribution in [0.5, 0.6) is 0 Å². The molecule has 0 aromatic carbocycles. The first-order valence-electron chi connectivity index (χ1n) is 0.123. The first kappa shape index (κ1) is 17.6. The van der Waals surface area contributed by atoms with E-state index in [1.54, 1.807) is 21.0 Å². The Morgan fingerprint density at radius 3 is 1.25 bits per heavy atom. The van der Waals surface area contributed by atoms with E-state index in [2.05, 4.69) is 0 Å². The molecule has 0 heterocycles. The van der Waals surface area contributed by atoms with Gasteiger partial charge in [-0.3, -0.25) is 0 Å². The van der Waals surface area contributed by atoms with Crippen LogP contribution in [0.1, 0.15) is 0 Å². The fourth-order valence-electron chi connectivity index (χ4n) is 0. The zero-order valence-electron chi connectivity index (χ0n) is 1.42. The van der Waals surface area contributed by atoms with Gasteiger partial charge in [-0.1, -0.05) is 0 Å². The number of rotatable bonds is 0. The Morgan fingerprint density at radius 2 is 1.25 bits per heavy atom. The molecule has 0 aliphatic rings. The molecule has 0 amide bonds. The molecule has 0 saturated carbocycles. The summed E-state index contributed by atoms with van der Waals surface area (Å²) in [6.07, 6.45) is 0. The molecule has 0 N–H and O–H groups in total. The molecular formula is AgCoMnO. The van der Waals surface area contributed by atoms with Gasteiger partial charge < -0.3 is 0 Å². The molecule has 0 atom stereocenters. The van der Waals surface area contributed by atoms with E-state index in [4.69, 9.17) is 3.25 Å². The summed E-state index contributed by atoms with van der Waals surface area (Å²) in [5.41, 5.74) is 0. The maximum atomic E-state index is 8.06. The molecule has 0 aliphatic heterocycles. The summed E-state index contributed by atoms with van der Waals surface area (Å²) >= 11 is 1.70. The molecule has 0 saturated heterocycles. The van der Waals surface area contributed by atoms with Gasteiger partial charge in [0.15, 0.2) is 0 Å². The third-order valence-corrected chi connectivity index (χ3v) is 0. The predicted molar refractivity (Wildman–Crippen MR) is 0.686 cm³/mol. The van der Waals surface area contributed by atoms with Gasteiger partial charge >= 0.3 is 24.3 Å². The van der Waals surface area contributed by atoms with Crippen LogP contribution in [0.25, 0.3) is 0 Å². The Balaban J connectivity index is -0.00000000500. The minimum atomic E-state index is 0. The van der Waals surface area contributed by atoms with Gasteiger partial charge in [0.1, 0.15) is 0 Å². The molecule has 0 aliphatic carbocycles. The first-order valence-corrected chi connectivity index (χ1v) is 0.728. The summed E-state index contributed by atoms with van der Waals surface area (Å²) in [6.45, 7) is 0. The first-order chi connectivity index (χ1) is 1.00. The van der Waals surface area contributed by atoms with Crippen molar-refractivity contribution < 1.29 is 58.1 Å². The molecule has 1 nitrogen and oxygen atoms in total. The van der Waals surface area contributed by atoms with Gasteiger partial charge in [-0.2, -0.15) is 0 Å². The summed E-state index contributed by atoms with van der Waals surface area (Å²) in [5.74, 6) is 0. The van der Waals surface area contributed by atoms with Crippen LogP contribution >= 0.6 is 0 Å². The van der Waals surface area contributed by atoms with Crippen LogP contribution in [-0.4, -0.2) is 0 Å². The summed E-state index contributed by atoms with van der Waals surface area (Å²) < 4.78 is 8.06.